The lowest BCUT2D eigenvalue weighted by molar-refractivity contribution is 0.350. The van der Waals surface area contributed by atoms with Crippen LogP contribution in [-0.2, 0) is 13.0 Å². The Bertz CT molecular complexity index is 474. The molecule has 0 saturated heterocycles. The van der Waals surface area contributed by atoms with Gasteiger partial charge in [0.15, 0.2) is 0 Å². The van der Waals surface area contributed by atoms with Gasteiger partial charge in [0.2, 0.25) is 0 Å². The van der Waals surface area contributed by atoms with Crippen LogP contribution in [0.1, 0.15) is 25.0 Å². The molecule has 0 radical (unpaired) electrons. The number of rotatable bonds is 3. The molecule has 2 nitrogen and oxygen atoms in total. The van der Waals surface area contributed by atoms with Crippen LogP contribution in [0.4, 0.5) is 0 Å². The number of benzene rings is 1. The Morgan fingerprint density at radius 3 is 3.00 bits per heavy atom. The molecular weight excluding hydrogens is 234 g/mol. The van der Waals surface area contributed by atoms with Crippen LogP contribution in [-0.4, -0.2) is 12.1 Å². The molecule has 2 rings (SSSR count). The maximum Gasteiger partial charge on any atom is 0.127 e. The van der Waals surface area contributed by atoms with Crippen molar-refractivity contribution in [1.82, 2.24) is 5.32 Å². The molecule has 17 heavy (non-hydrogen) atoms. The van der Waals surface area contributed by atoms with Crippen molar-refractivity contribution in [1.29, 1.82) is 0 Å². The van der Waals surface area contributed by atoms with Gasteiger partial charge < -0.3 is 4.74 Å². The van der Waals surface area contributed by atoms with Gasteiger partial charge in [-0.15, -0.1) is 6.42 Å². The number of nitrogens with one attached hydrogen (secondary N) is 1. The Kier molecular flexibility index (Phi) is 3.33. The predicted octanol–water partition coefficient (Wildman–Crippen LogP) is 2.78. The molecule has 0 amide bonds. The maximum atomic E-state index is 6.09. The van der Waals surface area contributed by atoms with Crippen molar-refractivity contribution < 1.29 is 4.74 Å². The molecule has 1 aliphatic rings. The number of halogens is 1. The van der Waals surface area contributed by atoms with E-state index in [0.29, 0.717) is 6.54 Å². The first kappa shape index (κ1) is 12.3. The minimum Gasteiger partial charge on any atom is -0.493 e. The van der Waals surface area contributed by atoms with Gasteiger partial charge in [0.25, 0.3) is 0 Å². The van der Waals surface area contributed by atoms with Crippen LogP contribution in [0, 0.1) is 12.3 Å². The Balaban J connectivity index is 2.20. The molecule has 0 atom stereocenters. The lowest BCUT2D eigenvalue weighted by Crippen LogP contribution is -2.37. The smallest absolute Gasteiger partial charge is 0.127 e. The summed E-state index contributed by atoms with van der Waals surface area (Å²) >= 11 is 6.09. The van der Waals surface area contributed by atoms with Gasteiger partial charge in [0, 0.05) is 23.6 Å². The van der Waals surface area contributed by atoms with Crippen molar-refractivity contribution >= 4 is 11.6 Å². The van der Waals surface area contributed by atoms with Gasteiger partial charge in [-0.05, 0) is 31.5 Å². The minimum atomic E-state index is -0.326. The first-order valence-corrected chi connectivity index (χ1v) is 6.06. The number of ether oxygens (including phenoxy) is 1. The molecule has 0 saturated carbocycles. The molecule has 1 aromatic rings. The highest BCUT2D eigenvalue weighted by Gasteiger charge is 2.19. The largest absolute Gasteiger partial charge is 0.493 e. The third-order valence-corrected chi connectivity index (χ3v) is 3.13. The fraction of sp³-hybridized carbons (Fsp3) is 0.429. The Hall–Kier alpha value is -1.17. The number of fused-ring (bicyclic) bond motifs is 1. The van der Waals surface area contributed by atoms with Crippen molar-refractivity contribution in [3.05, 3.63) is 28.3 Å². The van der Waals surface area contributed by atoms with Gasteiger partial charge >= 0.3 is 0 Å². The molecule has 1 aliphatic heterocycles. The van der Waals surface area contributed by atoms with E-state index < -0.39 is 0 Å². The van der Waals surface area contributed by atoms with Crippen LogP contribution in [0.3, 0.4) is 0 Å². The van der Waals surface area contributed by atoms with Crippen LogP contribution in [0.2, 0.25) is 5.02 Å². The fourth-order valence-corrected chi connectivity index (χ4v) is 2.11. The highest BCUT2D eigenvalue weighted by atomic mass is 35.5. The monoisotopic (exact) mass is 249 g/mol. The van der Waals surface area contributed by atoms with Crippen molar-refractivity contribution in [2.75, 3.05) is 6.61 Å². The van der Waals surface area contributed by atoms with Crippen LogP contribution >= 0.6 is 11.6 Å². The highest BCUT2D eigenvalue weighted by molar-refractivity contribution is 6.30. The van der Waals surface area contributed by atoms with Crippen LogP contribution in [0.15, 0.2) is 12.1 Å². The lowest BCUT2D eigenvalue weighted by atomic mass is 10.0. The van der Waals surface area contributed by atoms with Gasteiger partial charge in [0.1, 0.15) is 5.75 Å². The first-order chi connectivity index (χ1) is 8.02. The molecule has 0 bridgehead atoms. The molecule has 3 heteroatoms. The quantitative estimate of drug-likeness (QED) is 0.832. The van der Waals surface area contributed by atoms with E-state index in [-0.39, 0.29) is 5.54 Å². The number of hydrogen-bond acceptors (Lipinski definition) is 2. The molecule has 0 fully saturated rings. The van der Waals surface area contributed by atoms with Gasteiger partial charge in [-0.25, -0.2) is 0 Å². The van der Waals surface area contributed by atoms with Gasteiger partial charge in [-0.2, -0.15) is 0 Å². The van der Waals surface area contributed by atoms with E-state index in [4.69, 9.17) is 22.8 Å². The maximum absolute atomic E-state index is 6.09. The van der Waals surface area contributed by atoms with Gasteiger partial charge in [-0.1, -0.05) is 17.5 Å². The second-order valence-electron chi connectivity index (χ2n) is 4.77. The predicted molar refractivity (Wildman–Crippen MR) is 70.4 cm³/mol. The number of terminal acetylenes is 1. The highest BCUT2D eigenvalue weighted by Crippen LogP contribution is 2.32. The molecule has 0 unspecified atom stereocenters. The summed E-state index contributed by atoms with van der Waals surface area (Å²) in [4.78, 5) is 0. The molecular formula is C14H16ClNO. The molecule has 0 aliphatic carbocycles. The van der Waals surface area contributed by atoms with Crippen molar-refractivity contribution in [3.8, 4) is 18.1 Å². The topological polar surface area (TPSA) is 21.3 Å². The zero-order chi connectivity index (χ0) is 12.5. The van der Waals surface area contributed by atoms with E-state index >= 15 is 0 Å². The Morgan fingerprint density at radius 2 is 2.29 bits per heavy atom. The van der Waals surface area contributed by atoms with E-state index in [1.807, 2.05) is 26.0 Å². The van der Waals surface area contributed by atoms with E-state index in [2.05, 4.69) is 11.2 Å². The van der Waals surface area contributed by atoms with Crippen molar-refractivity contribution in [2.45, 2.75) is 32.4 Å². The average molecular weight is 250 g/mol. The molecule has 90 valence electrons. The molecule has 1 heterocycles. The third-order valence-electron chi connectivity index (χ3n) is 2.91. The molecule has 1 N–H and O–H groups in total. The normalized spacial score (nSPS) is 14.0. The molecule has 0 aromatic heterocycles. The summed E-state index contributed by atoms with van der Waals surface area (Å²) in [6.07, 6.45) is 6.38. The lowest BCUT2D eigenvalue weighted by Gasteiger charge is -2.20. The summed E-state index contributed by atoms with van der Waals surface area (Å²) in [6.45, 7) is 5.35. The summed E-state index contributed by atoms with van der Waals surface area (Å²) in [7, 11) is 0. The third kappa shape index (κ3) is 2.74. The fourth-order valence-electron chi connectivity index (χ4n) is 1.84. The summed E-state index contributed by atoms with van der Waals surface area (Å²) in [5.41, 5.74) is 1.94. The second-order valence-corrected chi connectivity index (χ2v) is 5.21. The average Bonchev–Trinajstić information content (AvgIpc) is 2.73. The van der Waals surface area contributed by atoms with E-state index in [0.717, 1.165) is 29.4 Å². The standard InChI is InChI=1S/C14H16ClNO/c1-4-14(2,3)16-9-11-8-12(15)7-10-5-6-17-13(10)11/h1,7-8,16H,5-6,9H2,2-3H3. The van der Waals surface area contributed by atoms with E-state index in [1.54, 1.807) is 0 Å². The van der Waals surface area contributed by atoms with E-state index in [1.165, 1.54) is 5.56 Å². The molecule has 0 spiro atoms. The zero-order valence-corrected chi connectivity index (χ0v) is 10.9. The van der Waals surface area contributed by atoms with Crippen LogP contribution in [0.25, 0.3) is 0 Å². The van der Waals surface area contributed by atoms with Crippen molar-refractivity contribution in [3.63, 3.8) is 0 Å². The van der Waals surface area contributed by atoms with Gasteiger partial charge in [-0.3, -0.25) is 5.32 Å². The Morgan fingerprint density at radius 1 is 1.53 bits per heavy atom. The summed E-state index contributed by atoms with van der Waals surface area (Å²) in [6, 6.07) is 3.91. The minimum absolute atomic E-state index is 0.326. The van der Waals surface area contributed by atoms with Crippen LogP contribution < -0.4 is 10.1 Å². The summed E-state index contributed by atoms with van der Waals surface area (Å²) in [5.74, 6) is 3.68. The number of hydrogen-bond donors (Lipinski definition) is 1. The zero-order valence-electron chi connectivity index (χ0n) is 10.1. The first-order valence-electron chi connectivity index (χ1n) is 5.69. The SMILES string of the molecule is C#CC(C)(C)NCc1cc(Cl)cc2c1OCC2. The summed E-state index contributed by atoms with van der Waals surface area (Å²) < 4.78 is 5.63. The van der Waals surface area contributed by atoms with Crippen molar-refractivity contribution in [2.24, 2.45) is 0 Å². The second kappa shape index (κ2) is 4.60. The summed E-state index contributed by atoms with van der Waals surface area (Å²) in [5, 5.41) is 4.06. The van der Waals surface area contributed by atoms with Crippen LogP contribution in [0.5, 0.6) is 5.75 Å². The van der Waals surface area contributed by atoms with Gasteiger partial charge in [0.05, 0.1) is 12.1 Å². The Labute approximate surface area is 107 Å². The molecule has 1 aromatic carbocycles. The van der Waals surface area contributed by atoms with E-state index in [9.17, 15) is 0 Å².